The van der Waals surface area contributed by atoms with Crippen molar-refractivity contribution in [3.05, 3.63) is 76.2 Å². The molecule has 4 aromatic rings. The lowest BCUT2D eigenvalue weighted by Gasteiger charge is -2.14. The van der Waals surface area contributed by atoms with E-state index in [1.807, 2.05) is 44.2 Å². The maximum atomic E-state index is 12.5. The van der Waals surface area contributed by atoms with Gasteiger partial charge in [0, 0.05) is 30.1 Å². The highest BCUT2D eigenvalue weighted by Gasteiger charge is 2.18. The van der Waals surface area contributed by atoms with Gasteiger partial charge in [-0.3, -0.25) is 9.78 Å². The summed E-state index contributed by atoms with van der Waals surface area (Å²) < 4.78 is 12.7. The van der Waals surface area contributed by atoms with Crippen LogP contribution in [0.2, 0.25) is 0 Å². The van der Waals surface area contributed by atoms with Gasteiger partial charge in [0.1, 0.15) is 11.5 Å². The van der Waals surface area contributed by atoms with Crippen molar-refractivity contribution in [1.82, 2.24) is 14.7 Å². The maximum absolute atomic E-state index is 12.5. The van der Waals surface area contributed by atoms with Gasteiger partial charge >= 0.3 is 0 Å². The third-order valence-corrected chi connectivity index (χ3v) is 4.68. The molecule has 0 radical (unpaired) electrons. The highest BCUT2D eigenvalue weighted by atomic mass is 16.5. The topological polar surface area (TPSA) is 70.2 Å². The third kappa shape index (κ3) is 2.99. The predicted octanol–water partition coefficient (Wildman–Crippen LogP) is 3.73. The Labute approximate surface area is 156 Å². The van der Waals surface area contributed by atoms with Crippen molar-refractivity contribution in [1.29, 1.82) is 0 Å². The van der Waals surface area contributed by atoms with E-state index in [2.05, 4.69) is 10.1 Å². The van der Waals surface area contributed by atoms with E-state index in [1.54, 1.807) is 30.1 Å². The summed E-state index contributed by atoms with van der Waals surface area (Å²) in [6, 6.07) is 11.1. The number of hydrogen-bond donors (Lipinski definition) is 0. The lowest BCUT2D eigenvalue weighted by Crippen LogP contribution is -2.20. The molecule has 0 aliphatic rings. The van der Waals surface area contributed by atoms with Crippen LogP contribution in [0.1, 0.15) is 17.0 Å². The Kier molecular flexibility index (Phi) is 4.24. The molecule has 0 fully saturated rings. The molecule has 6 nitrogen and oxygen atoms in total. The van der Waals surface area contributed by atoms with Crippen LogP contribution in [0, 0.1) is 13.8 Å². The number of benzene rings is 1. The van der Waals surface area contributed by atoms with Gasteiger partial charge in [0.15, 0.2) is 0 Å². The summed E-state index contributed by atoms with van der Waals surface area (Å²) in [5.74, 6) is 1.40. The molecule has 27 heavy (non-hydrogen) atoms. The fraction of sp³-hybridized carbons (Fsp3) is 0.190. The van der Waals surface area contributed by atoms with Crippen molar-refractivity contribution < 1.29 is 9.26 Å². The van der Waals surface area contributed by atoms with E-state index in [0.717, 1.165) is 39.0 Å². The van der Waals surface area contributed by atoms with Gasteiger partial charge in [-0.1, -0.05) is 11.2 Å². The highest BCUT2D eigenvalue weighted by molar-refractivity contribution is 5.89. The Morgan fingerprint density at radius 1 is 1.19 bits per heavy atom. The number of hydrogen-bond acceptors (Lipinski definition) is 5. The number of nitrogens with zero attached hydrogens (tertiary/aromatic N) is 3. The van der Waals surface area contributed by atoms with Crippen molar-refractivity contribution >= 4 is 10.9 Å². The lowest BCUT2D eigenvalue weighted by atomic mass is 10.0. The smallest absolute Gasteiger partial charge is 0.251 e. The molecule has 0 atom stereocenters. The lowest BCUT2D eigenvalue weighted by molar-refractivity contribution is 0.393. The summed E-state index contributed by atoms with van der Waals surface area (Å²) >= 11 is 0. The normalized spacial score (nSPS) is 11.1. The second-order valence-corrected chi connectivity index (χ2v) is 6.43. The molecule has 3 heterocycles. The van der Waals surface area contributed by atoms with Crippen LogP contribution >= 0.6 is 0 Å². The number of ether oxygens (including phenoxy) is 1. The molecule has 0 saturated heterocycles. The third-order valence-electron chi connectivity index (χ3n) is 4.68. The Bertz CT molecular complexity index is 1160. The second-order valence-electron chi connectivity index (χ2n) is 6.43. The summed E-state index contributed by atoms with van der Waals surface area (Å²) in [5.41, 5.74) is 4.30. The zero-order valence-corrected chi connectivity index (χ0v) is 15.4. The van der Waals surface area contributed by atoms with E-state index >= 15 is 0 Å². The van der Waals surface area contributed by atoms with Gasteiger partial charge in [-0.25, -0.2) is 0 Å². The minimum absolute atomic E-state index is 0.0708. The molecular weight excluding hydrogens is 342 g/mol. The minimum Gasteiger partial charge on any atom is -0.496 e. The van der Waals surface area contributed by atoms with E-state index in [0.29, 0.717) is 12.3 Å². The molecule has 0 bridgehead atoms. The van der Waals surface area contributed by atoms with Crippen LogP contribution in [0.4, 0.5) is 0 Å². The predicted molar refractivity (Wildman–Crippen MR) is 103 cm³/mol. The summed E-state index contributed by atoms with van der Waals surface area (Å²) in [6.45, 7) is 4.22. The molecule has 3 aromatic heterocycles. The molecule has 0 saturated carbocycles. The highest BCUT2D eigenvalue weighted by Crippen LogP contribution is 2.37. The van der Waals surface area contributed by atoms with Crippen LogP contribution < -0.4 is 10.3 Å². The van der Waals surface area contributed by atoms with Crippen molar-refractivity contribution in [3.63, 3.8) is 0 Å². The van der Waals surface area contributed by atoms with E-state index in [9.17, 15) is 4.79 Å². The van der Waals surface area contributed by atoms with Gasteiger partial charge in [-0.05, 0) is 43.0 Å². The first-order chi connectivity index (χ1) is 13.1. The SMILES string of the molecule is COc1cc2c(ccc(=O)n2Cc2cccnc2)cc1-c1c(C)noc1C. The van der Waals surface area contributed by atoms with E-state index in [1.165, 1.54) is 0 Å². The monoisotopic (exact) mass is 361 g/mol. The number of rotatable bonds is 4. The van der Waals surface area contributed by atoms with Crippen molar-refractivity contribution in [2.24, 2.45) is 0 Å². The van der Waals surface area contributed by atoms with Crippen molar-refractivity contribution in [2.75, 3.05) is 7.11 Å². The number of fused-ring (bicyclic) bond motifs is 1. The Hall–Kier alpha value is -3.41. The molecule has 0 spiro atoms. The summed E-state index contributed by atoms with van der Waals surface area (Å²) in [6.07, 6.45) is 3.48. The first-order valence-electron chi connectivity index (χ1n) is 8.62. The summed E-state index contributed by atoms with van der Waals surface area (Å²) in [5, 5.41) is 4.98. The summed E-state index contributed by atoms with van der Waals surface area (Å²) in [7, 11) is 1.62. The number of aromatic nitrogens is 3. The van der Waals surface area contributed by atoms with Crippen LogP contribution in [-0.4, -0.2) is 21.8 Å². The van der Waals surface area contributed by atoms with Gasteiger partial charge in [-0.15, -0.1) is 0 Å². The fourth-order valence-electron chi connectivity index (χ4n) is 3.39. The standard InChI is InChI=1S/C21H19N3O3/c1-13-21(14(2)27-23-13)17-9-16-6-7-20(25)24(18(16)10-19(17)26-3)12-15-5-4-8-22-11-15/h4-11H,12H2,1-3H3. The number of methoxy groups -OCH3 is 1. The molecule has 0 unspecified atom stereocenters. The molecule has 0 N–H and O–H groups in total. The zero-order chi connectivity index (χ0) is 19.0. The molecule has 4 rings (SSSR count). The molecule has 6 heteroatoms. The van der Waals surface area contributed by atoms with Crippen LogP contribution in [-0.2, 0) is 6.54 Å². The second kappa shape index (κ2) is 6.72. The first kappa shape index (κ1) is 17.0. The number of pyridine rings is 2. The Morgan fingerprint density at radius 3 is 2.70 bits per heavy atom. The van der Waals surface area contributed by atoms with E-state index in [-0.39, 0.29) is 5.56 Å². The van der Waals surface area contributed by atoms with Crippen LogP contribution in [0.25, 0.3) is 22.0 Å². The minimum atomic E-state index is -0.0708. The molecule has 0 aliphatic carbocycles. The van der Waals surface area contributed by atoms with Gasteiger partial charge in [0.05, 0.1) is 30.4 Å². The average molecular weight is 361 g/mol. The van der Waals surface area contributed by atoms with Crippen molar-refractivity contribution in [3.8, 4) is 16.9 Å². The van der Waals surface area contributed by atoms with Gasteiger partial charge in [0.2, 0.25) is 0 Å². The summed E-state index contributed by atoms with van der Waals surface area (Å²) in [4.78, 5) is 16.7. The maximum Gasteiger partial charge on any atom is 0.251 e. The van der Waals surface area contributed by atoms with Gasteiger partial charge in [0.25, 0.3) is 5.56 Å². The van der Waals surface area contributed by atoms with Gasteiger partial charge in [-0.2, -0.15) is 0 Å². The molecule has 0 amide bonds. The van der Waals surface area contributed by atoms with E-state index < -0.39 is 0 Å². The largest absolute Gasteiger partial charge is 0.496 e. The Morgan fingerprint density at radius 2 is 2.04 bits per heavy atom. The molecular formula is C21H19N3O3. The first-order valence-corrected chi connectivity index (χ1v) is 8.62. The van der Waals surface area contributed by atoms with Crippen molar-refractivity contribution in [2.45, 2.75) is 20.4 Å². The Balaban J connectivity index is 1.94. The molecule has 1 aromatic carbocycles. The molecule has 0 aliphatic heterocycles. The van der Waals surface area contributed by atoms with Crippen LogP contribution in [0.3, 0.4) is 0 Å². The van der Waals surface area contributed by atoms with E-state index in [4.69, 9.17) is 9.26 Å². The van der Waals surface area contributed by atoms with Crippen LogP contribution in [0.15, 0.2) is 58.1 Å². The fourth-order valence-corrected chi connectivity index (χ4v) is 3.39. The van der Waals surface area contributed by atoms with Crippen LogP contribution in [0.5, 0.6) is 5.75 Å². The quantitative estimate of drug-likeness (QED) is 0.554. The zero-order valence-electron chi connectivity index (χ0n) is 15.4. The average Bonchev–Trinajstić information content (AvgIpc) is 3.02. The van der Waals surface area contributed by atoms with Gasteiger partial charge < -0.3 is 13.8 Å². The number of aryl methyl sites for hydroxylation is 2. The molecule has 136 valence electrons.